The molecule has 0 unspecified atom stereocenters. The Hall–Kier alpha value is -1.74. The number of ether oxygens (including phenoxy) is 2. The van der Waals surface area contributed by atoms with E-state index in [0.717, 1.165) is 35.2 Å². The summed E-state index contributed by atoms with van der Waals surface area (Å²) >= 11 is 7.55. The lowest BCUT2D eigenvalue weighted by Gasteiger charge is -2.12. The van der Waals surface area contributed by atoms with E-state index in [9.17, 15) is 0 Å². The number of nitrogens with one attached hydrogen (secondary N) is 1. The fraction of sp³-hybridized carbons (Fsp3) is 0.389. The molecule has 0 spiro atoms. The average Bonchev–Trinajstić information content (AvgIpc) is 3.01. The lowest BCUT2D eigenvalue weighted by atomic mass is 10.2. The lowest BCUT2D eigenvalue weighted by Crippen LogP contribution is -2.16. The van der Waals surface area contributed by atoms with Gasteiger partial charge < -0.3 is 14.8 Å². The van der Waals surface area contributed by atoms with Crippen LogP contribution in [-0.4, -0.2) is 20.3 Å². The topological polar surface area (TPSA) is 54.3 Å². The van der Waals surface area contributed by atoms with Crippen LogP contribution < -0.4 is 14.8 Å². The summed E-state index contributed by atoms with van der Waals surface area (Å²) in [5.74, 6) is 1.43. The van der Waals surface area contributed by atoms with Crippen molar-refractivity contribution in [3.05, 3.63) is 45.1 Å². The molecule has 2 rings (SSSR count). The van der Waals surface area contributed by atoms with Crippen LogP contribution in [0.15, 0.2) is 30.3 Å². The van der Waals surface area contributed by atoms with Crippen LogP contribution in [0.5, 0.6) is 11.5 Å². The SMILES string of the molecule is COc1ccc(CNCCc2ccc(Cl)s2)cc1OCCCC#N. The van der Waals surface area contributed by atoms with Crippen molar-refractivity contribution in [1.82, 2.24) is 5.32 Å². The molecule has 128 valence electrons. The van der Waals surface area contributed by atoms with Crippen LogP contribution in [0.25, 0.3) is 0 Å². The van der Waals surface area contributed by atoms with Crippen LogP contribution in [0.1, 0.15) is 23.3 Å². The first-order chi connectivity index (χ1) is 11.7. The molecule has 1 heterocycles. The fourth-order valence-corrected chi connectivity index (χ4v) is 3.29. The third kappa shape index (κ3) is 6.04. The van der Waals surface area contributed by atoms with Crippen LogP contribution in [0.4, 0.5) is 0 Å². The molecule has 1 aromatic carbocycles. The van der Waals surface area contributed by atoms with Gasteiger partial charge in [0.05, 0.1) is 24.1 Å². The quantitative estimate of drug-likeness (QED) is 0.634. The summed E-state index contributed by atoms with van der Waals surface area (Å²) in [6.07, 6.45) is 2.17. The molecule has 24 heavy (non-hydrogen) atoms. The number of nitriles is 1. The number of halogens is 1. The van der Waals surface area contributed by atoms with Gasteiger partial charge in [-0.25, -0.2) is 0 Å². The van der Waals surface area contributed by atoms with Crippen molar-refractivity contribution in [2.24, 2.45) is 0 Å². The summed E-state index contributed by atoms with van der Waals surface area (Å²) in [7, 11) is 1.63. The van der Waals surface area contributed by atoms with Crippen LogP contribution in [0, 0.1) is 11.3 Å². The number of benzene rings is 1. The highest BCUT2D eigenvalue weighted by Crippen LogP contribution is 2.28. The molecule has 0 fully saturated rings. The van der Waals surface area contributed by atoms with E-state index in [-0.39, 0.29) is 0 Å². The predicted octanol–water partition coefficient (Wildman–Crippen LogP) is 4.42. The molecule has 0 amide bonds. The first kappa shape index (κ1) is 18.6. The van der Waals surface area contributed by atoms with Crippen LogP contribution in [0.3, 0.4) is 0 Å². The summed E-state index contributed by atoms with van der Waals surface area (Å²) in [6, 6.07) is 12.0. The number of thiophene rings is 1. The molecule has 0 saturated heterocycles. The van der Waals surface area contributed by atoms with Gasteiger partial charge in [-0.05, 0) is 42.7 Å². The maximum Gasteiger partial charge on any atom is 0.161 e. The maximum absolute atomic E-state index is 8.57. The summed E-state index contributed by atoms with van der Waals surface area (Å²) in [5.41, 5.74) is 1.13. The zero-order valence-electron chi connectivity index (χ0n) is 13.7. The van der Waals surface area contributed by atoms with Crippen molar-refractivity contribution >= 4 is 22.9 Å². The van der Waals surface area contributed by atoms with Gasteiger partial charge in [0.1, 0.15) is 0 Å². The van der Waals surface area contributed by atoms with Gasteiger partial charge in [0.2, 0.25) is 0 Å². The molecular formula is C18H21ClN2O2S. The number of methoxy groups -OCH3 is 1. The van der Waals surface area contributed by atoms with Crippen LogP contribution in [0.2, 0.25) is 4.34 Å². The molecule has 1 aromatic heterocycles. The Kier molecular flexibility index (Phi) is 7.90. The van der Waals surface area contributed by atoms with E-state index in [1.54, 1.807) is 18.4 Å². The molecule has 4 nitrogen and oxygen atoms in total. The normalized spacial score (nSPS) is 10.4. The zero-order chi connectivity index (χ0) is 17.2. The summed E-state index contributed by atoms with van der Waals surface area (Å²) in [5, 5.41) is 12.0. The largest absolute Gasteiger partial charge is 0.493 e. The van der Waals surface area contributed by atoms with Crippen molar-refractivity contribution in [3.63, 3.8) is 0 Å². The van der Waals surface area contributed by atoms with Gasteiger partial charge in [0.15, 0.2) is 11.5 Å². The minimum Gasteiger partial charge on any atom is -0.493 e. The second-order valence-electron chi connectivity index (χ2n) is 5.23. The predicted molar refractivity (Wildman–Crippen MR) is 98.1 cm³/mol. The molecule has 0 atom stereocenters. The third-order valence-electron chi connectivity index (χ3n) is 3.42. The van der Waals surface area contributed by atoms with Crippen molar-refractivity contribution < 1.29 is 9.47 Å². The van der Waals surface area contributed by atoms with Crippen LogP contribution >= 0.6 is 22.9 Å². The highest BCUT2D eigenvalue weighted by atomic mass is 35.5. The molecule has 0 bridgehead atoms. The van der Waals surface area contributed by atoms with E-state index in [1.807, 2.05) is 24.3 Å². The molecule has 0 saturated carbocycles. The van der Waals surface area contributed by atoms with E-state index in [0.29, 0.717) is 25.2 Å². The Morgan fingerprint density at radius 3 is 2.83 bits per heavy atom. The number of hydrogen-bond donors (Lipinski definition) is 1. The van der Waals surface area contributed by atoms with Gasteiger partial charge in [-0.1, -0.05) is 17.7 Å². The fourth-order valence-electron chi connectivity index (χ4n) is 2.21. The molecule has 2 aromatic rings. The van der Waals surface area contributed by atoms with Crippen LogP contribution in [-0.2, 0) is 13.0 Å². The molecular weight excluding hydrogens is 344 g/mol. The first-order valence-electron chi connectivity index (χ1n) is 7.84. The van der Waals surface area contributed by atoms with Crippen molar-refractivity contribution in [3.8, 4) is 17.6 Å². The molecule has 0 aliphatic rings. The molecule has 6 heteroatoms. The van der Waals surface area contributed by atoms with Gasteiger partial charge in [0.25, 0.3) is 0 Å². The van der Waals surface area contributed by atoms with E-state index in [4.69, 9.17) is 26.3 Å². The Morgan fingerprint density at radius 2 is 2.12 bits per heavy atom. The maximum atomic E-state index is 8.57. The van der Waals surface area contributed by atoms with Crippen molar-refractivity contribution in [2.75, 3.05) is 20.3 Å². The smallest absolute Gasteiger partial charge is 0.161 e. The van der Waals surface area contributed by atoms with Gasteiger partial charge in [-0.2, -0.15) is 5.26 Å². The zero-order valence-corrected chi connectivity index (χ0v) is 15.3. The Bertz CT molecular complexity index is 682. The third-order valence-corrected chi connectivity index (χ3v) is 4.72. The molecule has 0 aliphatic carbocycles. The summed E-state index contributed by atoms with van der Waals surface area (Å²) < 4.78 is 11.9. The summed E-state index contributed by atoms with van der Waals surface area (Å²) in [4.78, 5) is 1.28. The highest BCUT2D eigenvalue weighted by molar-refractivity contribution is 7.16. The van der Waals surface area contributed by atoms with Crippen molar-refractivity contribution in [1.29, 1.82) is 5.26 Å². The average molecular weight is 365 g/mol. The molecule has 0 radical (unpaired) electrons. The standard InChI is InChI=1S/C18H21ClN2O2S/c1-22-16-6-4-14(12-17(16)23-11-3-2-9-20)13-21-10-8-15-5-7-18(19)24-15/h4-7,12,21H,2-3,8,10-11,13H2,1H3. The van der Waals surface area contributed by atoms with Gasteiger partial charge in [-0.3, -0.25) is 0 Å². The Balaban J connectivity index is 1.82. The minimum atomic E-state index is 0.496. The highest BCUT2D eigenvalue weighted by Gasteiger charge is 2.06. The first-order valence-corrected chi connectivity index (χ1v) is 9.04. The monoisotopic (exact) mass is 364 g/mol. The van der Waals surface area contributed by atoms with E-state index in [1.165, 1.54) is 4.88 Å². The second kappa shape index (κ2) is 10.2. The number of hydrogen-bond acceptors (Lipinski definition) is 5. The van der Waals surface area contributed by atoms with Gasteiger partial charge >= 0.3 is 0 Å². The van der Waals surface area contributed by atoms with Gasteiger partial charge in [0, 0.05) is 24.4 Å². The number of unbranched alkanes of at least 4 members (excludes halogenated alkanes) is 1. The molecule has 0 aliphatic heterocycles. The molecule has 1 N–H and O–H groups in total. The number of nitrogens with zero attached hydrogens (tertiary/aromatic N) is 1. The Morgan fingerprint density at radius 1 is 1.25 bits per heavy atom. The van der Waals surface area contributed by atoms with Crippen molar-refractivity contribution in [2.45, 2.75) is 25.8 Å². The minimum absolute atomic E-state index is 0.496. The lowest BCUT2D eigenvalue weighted by molar-refractivity contribution is 0.290. The van der Waals surface area contributed by atoms with E-state index >= 15 is 0 Å². The Labute approximate surface area is 152 Å². The number of rotatable bonds is 10. The van der Waals surface area contributed by atoms with E-state index < -0.39 is 0 Å². The summed E-state index contributed by atoms with van der Waals surface area (Å²) in [6.45, 7) is 2.17. The van der Waals surface area contributed by atoms with Gasteiger partial charge in [-0.15, -0.1) is 11.3 Å². The van der Waals surface area contributed by atoms with E-state index in [2.05, 4.69) is 17.5 Å². The second-order valence-corrected chi connectivity index (χ2v) is 7.03.